The minimum Gasteiger partial charge on any atom is -0.396 e. The predicted octanol–water partition coefficient (Wildman–Crippen LogP) is 3.22. The number of hydrogen-bond acceptors (Lipinski definition) is 4. The van der Waals surface area contributed by atoms with Crippen molar-refractivity contribution in [1.29, 1.82) is 0 Å². The second-order valence-electron chi connectivity index (χ2n) is 4.64. The summed E-state index contributed by atoms with van der Waals surface area (Å²) in [6.07, 6.45) is -3.65. The van der Waals surface area contributed by atoms with Crippen LogP contribution in [0, 0.1) is 0 Å². The molecule has 0 amide bonds. The first-order valence-corrected chi connectivity index (χ1v) is 7.49. The lowest BCUT2D eigenvalue weighted by Gasteiger charge is -2.11. The van der Waals surface area contributed by atoms with E-state index in [0.29, 0.717) is 11.2 Å². The lowest BCUT2D eigenvalue weighted by molar-refractivity contribution is -0.141. The molecule has 0 fully saturated rings. The lowest BCUT2D eigenvalue weighted by atomic mass is 10.2. The SMILES string of the molecule is CCON=Cc1cc(-n2c(=O)cc(C(F)(F)F)[nH]c2=O)c(Cl)cc1Cl. The van der Waals surface area contributed by atoms with E-state index in [1.807, 2.05) is 0 Å². The Hall–Kier alpha value is -2.26. The van der Waals surface area contributed by atoms with E-state index in [1.54, 1.807) is 11.9 Å². The Labute approximate surface area is 148 Å². The number of aromatic nitrogens is 2. The van der Waals surface area contributed by atoms with E-state index < -0.39 is 23.1 Å². The molecule has 0 saturated heterocycles. The number of H-pyrrole nitrogens is 1. The van der Waals surface area contributed by atoms with Gasteiger partial charge in [0.2, 0.25) is 0 Å². The largest absolute Gasteiger partial charge is 0.431 e. The molecule has 6 nitrogen and oxygen atoms in total. The third kappa shape index (κ3) is 4.23. The van der Waals surface area contributed by atoms with Gasteiger partial charge in [-0.15, -0.1) is 0 Å². The van der Waals surface area contributed by atoms with Crippen molar-refractivity contribution in [1.82, 2.24) is 9.55 Å². The fraction of sp³-hybridized carbons (Fsp3) is 0.214. The van der Waals surface area contributed by atoms with Crippen molar-refractivity contribution in [2.75, 3.05) is 6.61 Å². The molecule has 1 aromatic carbocycles. The Bertz CT molecular complexity index is 904. The molecule has 0 aliphatic carbocycles. The maximum absolute atomic E-state index is 12.7. The van der Waals surface area contributed by atoms with E-state index in [0.717, 1.165) is 0 Å². The van der Waals surface area contributed by atoms with Gasteiger partial charge in [0, 0.05) is 11.6 Å². The van der Waals surface area contributed by atoms with Crippen molar-refractivity contribution in [2.45, 2.75) is 13.1 Å². The molecule has 1 aromatic heterocycles. The maximum Gasteiger partial charge on any atom is 0.431 e. The van der Waals surface area contributed by atoms with Crippen molar-refractivity contribution in [2.24, 2.45) is 5.16 Å². The monoisotopic (exact) mass is 395 g/mol. The highest BCUT2D eigenvalue weighted by molar-refractivity contribution is 6.37. The smallest absolute Gasteiger partial charge is 0.396 e. The van der Waals surface area contributed by atoms with Crippen LogP contribution in [0.3, 0.4) is 0 Å². The van der Waals surface area contributed by atoms with Gasteiger partial charge in [-0.05, 0) is 19.1 Å². The van der Waals surface area contributed by atoms with Crippen LogP contribution in [-0.4, -0.2) is 22.4 Å². The van der Waals surface area contributed by atoms with E-state index in [9.17, 15) is 22.8 Å². The van der Waals surface area contributed by atoms with Crippen LogP contribution in [0.15, 0.2) is 32.9 Å². The molecule has 134 valence electrons. The Morgan fingerprint density at radius 2 is 1.92 bits per heavy atom. The molecule has 0 aliphatic rings. The third-order valence-corrected chi connectivity index (χ3v) is 3.57. The second-order valence-corrected chi connectivity index (χ2v) is 5.45. The molecule has 0 spiro atoms. The fourth-order valence-corrected chi connectivity index (χ4v) is 2.39. The van der Waals surface area contributed by atoms with E-state index in [4.69, 9.17) is 28.0 Å². The van der Waals surface area contributed by atoms with Crippen LogP contribution in [0.1, 0.15) is 18.2 Å². The zero-order valence-electron chi connectivity index (χ0n) is 12.5. The minimum absolute atomic E-state index is 0.106. The molecule has 0 aliphatic heterocycles. The van der Waals surface area contributed by atoms with Gasteiger partial charge in [0.05, 0.1) is 21.9 Å². The summed E-state index contributed by atoms with van der Waals surface area (Å²) in [5, 5.41) is 3.64. The highest BCUT2D eigenvalue weighted by Crippen LogP contribution is 2.28. The first-order chi connectivity index (χ1) is 11.6. The molecule has 11 heteroatoms. The van der Waals surface area contributed by atoms with Crippen molar-refractivity contribution in [3.63, 3.8) is 0 Å². The topological polar surface area (TPSA) is 76.5 Å². The fourth-order valence-electron chi connectivity index (χ4n) is 1.87. The van der Waals surface area contributed by atoms with Crippen LogP contribution in [0.25, 0.3) is 5.69 Å². The average molecular weight is 396 g/mol. The quantitative estimate of drug-likeness (QED) is 0.637. The molecule has 0 unspecified atom stereocenters. The summed E-state index contributed by atoms with van der Waals surface area (Å²) in [6.45, 7) is 2.00. The maximum atomic E-state index is 12.7. The van der Waals surface area contributed by atoms with Crippen LogP contribution < -0.4 is 11.2 Å². The minimum atomic E-state index is -4.86. The summed E-state index contributed by atoms with van der Waals surface area (Å²) in [4.78, 5) is 30.4. The molecule has 0 saturated carbocycles. The molecule has 2 rings (SSSR count). The Balaban J connectivity index is 2.65. The van der Waals surface area contributed by atoms with Gasteiger partial charge in [0.25, 0.3) is 5.56 Å². The van der Waals surface area contributed by atoms with Gasteiger partial charge in [0.15, 0.2) is 0 Å². The Kier molecular flexibility index (Phi) is 5.58. The van der Waals surface area contributed by atoms with Crippen molar-refractivity contribution >= 4 is 29.4 Å². The van der Waals surface area contributed by atoms with Gasteiger partial charge < -0.3 is 9.82 Å². The number of aromatic amines is 1. The summed E-state index contributed by atoms with van der Waals surface area (Å²) >= 11 is 12.0. The zero-order valence-corrected chi connectivity index (χ0v) is 14.0. The summed E-state index contributed by atoms with van der Waals surface area (Å²) in [5.74, 6) is 0. The molecular formula is C14H10Cl2F3N3O3. The average Bonchev–Trinajstić information content (AvgIpc) is 2.49. The number of rotatable bonds is 4. The highest BCUT2D eigenvalue weighted by Gasteiger charge is 2.33. The number of nitrogens with zero attached hydrogens (tertiary/aromatic N) is 2. The van der Waals surface area contributed by atoms with Gasteiger partial charge in [0.1, 0.15) is 12.3 Å². The van der Waals surface area contributed by atoms with Crippen LogP contribution in [-0.2, 0) is 11.0 Å². The van der Waals surface area contributed by atoms with Crippen LogP contribution in [0.5, 0.6) is 0 Å². The van der Waals surface area contributed by atoms with Crippen molar-refractivity contribution in [3.05, 3.63) is 60.3 Å². The van der Waals surface area contributed by atoms with Crippen molar-refractivity contribution < 1.29 is 18.0 Å². The molecular weight excluding hydrogens is 386 g/mol. The zero-order chi connectivity index (χ0) is 18.8. The van der Waals surface area contributed by atoms with E-state index in [2.05, 4.69) is 5.16 Å². The predicted molar refractivity (Wildman–Crippen MR) is 86.9 cm³/mol. The molecule has 0 bridgehead atoms. The molecule has 25 heavy (non-hydrogen) atoms. The van der Waals surface area contributed by atoms with Gasteiger partial charge in [-0.3, -0.25) is 4.79 Å². The summed E-state index contributed by atoms with van der Waals surface area (Å²) in [6, 6.07) is 2.73. The summed E-state index contributed by atoms with van der Waals surface area (Å²) < 4.78 is 38.4. The number of nitrogens with one attached hydrogen (secondary N) is 1. The molecule has 1 heterocycles. The second kappa shape index (κ2) is 7.32. The van der Waals surface area contributed by atoms with E-state index >= 15 is 0 Å². The highest BCUT2D eigenvalue weighted by atomic mass is 35.5. The van der Waals surface area contributed by atoms with Crippen LogP contribution >= 0.6 is 23.2 Å². The summed E-state index contributed by atoms with van der Waals surface area (Å²) in [7, 11) is 0. The van der Waals surface area contributed by atoms with Gasteiger partial charge in [-0.25, -0.2) is 9.36 Å². The third-order valence-electron chi connectivity index (χ3n) is 2.94. The Morgan fingerprint density at radius 1 is 1.24 bits per heavy atom. The summed E-state index contributed by atoms with van der Waals surface area (Å²) in [5.41, 5.74) is -3.85. The number of alkyl halides is 3. The molecule has 0 radical (unpaired) electrons. The lowest BCUT2D eigenvalue weighted by Crippen LogP contribution is -2.36. The first-order valence-electron chi connectivity index (χ1n) is 6.73. The molecule has 2 aromatic rings. The molecule has 0 atom stereocenters. The standard InChI is InChI=1S/C14H10Cl2F3N3O3/c1-2-25-20-6-7-3-10(9(16)4-8(7)15)22-12(23)5-11(14(17,18)19)21-13(22)24/h3-6H,2H2,1H3,(H,21,24). The van der Waals surface area contributed by atoms with Gasteiger partial charge >= 0.3 is 11.9 Å². The van der Waals surface area contributed by atoms with Crippen molar-refractivity contribution in [3.8, 4) is 5.69 Å². The van der Waals surface area contributed by atoms with E-state index in [1.165, 1.54) is 18.3 Å². The number of halogens is 5. The number of hydrogen-bond donors (Lipinski definition) is 1. The van der Waals surface area contributed by atoms with E-state index in [-0.39, 0.29) is 27.4 Å². The van der Waals surface area contributed by atoms with Gasteiger partial charge in [-0.2, -0.15) is 13.2 Å². The first kappa shape index (κ1) is 19.1. The Morgan fingerprint density at radius 3 is 2.48 bits per heavy atom. The molecule has 1 N–H and O–H groups in total. The number of oxime groups is 1. The number of benzene rings is 1. The van der Waals surface area contributed by atoms with Gasteiger partial charge in [-0.1, -0.05) is 28.4 Å². The normalized spacial score (nSPS) is 11.9. The van der Waals surface area contributed by atoms with Crippen LogP contribution in [0.2, 0.25) is 10.0 Å². The van der Waals surface area contributed by atoms with Crippen LogP contribution in [0.4, 0.5) is 13.2 Å².